The number of nitrogens with one attached hydrogen (secondary N) is 2. The summed E-state index contributed by atoms with van der Waals surface area (Å²) < 4.78 is 38.4. The first-order valence-electron chi connectivity index (χ1n) is 25.0. The third-order valence-corrected chi connectivity index (χ3v) is 14.7. The maximum Gasteiger partial charge on any atom is 0.329 e. The Labute approximate surface area is 420 Å². The van der Waals surface area contributed by atoms with Gasteiger partial charge in [0.2, 0.25) is 11.8 Å². The molecule has 5 amide bonds. The molecular formula is C52H58F2N14O5. The van der Waals surface area contributed by atoms with Gasteiger partial charge >= 0.3 is 6.03 Å². The number of carbonyl (C=O) groups is 4. The first-order valence-corrected chi connectivity index (χ1v) is 25.0. The van der Waals surface area contributed by atoms with Crippen molar-refractivity contribution in [1.29, 1.82) is 5.26 Å². The van der Waals surface area contributed by atoms with E-state index in [4.69, 9.17) is 9.72 Å². The molecule has 73 heavy (non-hydrogen) atoms. The van der Waals surface area contributed by atoms with Crippen molar-refractivity contribution in [2.45, 2.75) is 44.6 Å². The fourth-order valence-corrected chi connectivity index (χ4v) is 10.7. The number of ether oxygens (including phenoxy) is 1. The van der Waals surface area contributed by atoms with Gasteiger partial charge in [-0.2, -0.15) is 15.5 Å². The fourth-order valence-electron chi connectivity index (χ4n) is 10.7. The summed E-state index contributed by atoms with van der Waals surface area (Å²) in [5.41, 5.74) is 3.50. The standard InChI is InChI=1S/C52H58F2N14O5/c1-3-73-39-29-41(48-36(30-55)32-57-68(48)33-39)35-6-11-45(56-31-35)65-17-13-52(14-18-65,59-50(71)42-27-37(53)7-10-43(42)54)34-63-21-25-66(26-22-63)47(70)5-4-15-62-19-23-64(24-20-62)38-8-9-40-44(28-38)61(2)60-49(40)67-16-12-46(69)58-51(67)72/h6-11,27-29,31-33H,3-5,12-26,34H2,1-2H3,(H,59,71)(H,58,69,72). The monoisotopic (exact) mass is 996 g/mol. The SMILES string of the molecule is CCOc1cc(-c2ccc(N3CCC(CN4CCN(C(=O)CCCN5CCN(c6ccc7c(N8CCC(=O)NC8=O)nn(C)c7c6)CC5)CC4)(NC(=O)c4cc(F)ccc4F)CC3)nc2)c2c(C#N)cnn2c1. The molecule has 2 N–H and O–H groups in total. The van der Waals surface area contributed by atoms with E-state index in [-0.39, 0.29) is 30.3 Å². The molecule has 0 atom stereocenters. The van der Waals surface area contributed by atoms with Crippen LogP contribution in [0.25, 0.3) is 27.5 Å². The van der Waals surface area contributed by atoms with Crippen molar-refractivity contribution in [3.05, 3.63) is 95.9 Å². The predicted molar refractivity (Wildman–Crippen MR) is 269 cm³/mol. The Hall–Kier alpha value is -7.70. The highest BCUT2D eigenvalue weighted by Gasteiger charge is 2.40. The zero-order valence-electron chi connectivity index (χ0n) is 41.0. The number of piperazine rings is 2. The molecule has 6 aromatic rings. The van der Waals surface area contributed by atoms with Crippen LogP contribution in [0.5, 0.6) is 5.75 Å². The van der Waals surface area contributed by atoms with E-state index < -0.39 is 29.1 Å². The number of pyridine rings is 2. The molecule has 0 bridgehead atoms. The summed E-state index contributed by atoms with van der Waals surface area (Å²) in [6.07, 6.45) is 7.48. The lowest BCUT2D eigenvalue weighted by atomic mass is 9.86. The number of anilines is 3. The topological polar surface area (TPSA) is 193 Å². The van der Waals surface area contributed by atoms with Gasteiger partial charge in [-0.05, 0) is 87.3 Å². The van der Waals surface area contributed by atoms with Crippen LogP contribution >= 0.6 is 0 Å². The molecule has 19 nitrogen and oxygen atoms in total. The van der Waals surface area contributed by atoms with Gasteiger partial charge in [-0.15, -0.1) is 0 Å². The van der Waals surface area contributed by atoms with Crippen molar-refractivity contribution >= 4 is 57.5 Å². The maximum absolute atomic E-state index is 14.9. The Morgan fingerprint density at radius 2 is 1.67 bits per heavy atom. The Bertz CT molecular complexity index is 3090. The summed E-state index contributed by atoms with van der Waals surface area (Å²) >= 11 is 0. The van der Waals surface area contributed by atoms with Crippen LogP contribution in [0.1, 0.15) is 54.9 Å². The van der Waals surface area contributed by atoms with Crippen molar-refractivity contribution in [2.75, 3.05) is 106 Å². The smallest absolute Gasteiger partial charge is 0.329 e. The minimum Gasteiger partial charge on any atom is -0.492 e. The number of nitrogens with zero attached hydrogens (tertiary/aromatic N) is 12. The number of hydrogen-bond donors (Lipinski definition) is 2. The first kappa shape index (κ1) is 48.9. The number of aryl methyl sites for hydroxylation is 1. The van der Waals surface area contributed by atoms with Crippen LogP contribution < -0.4 is 30.1 Å². The first-order chi connectivity index (χ1) is 35.4. The number of aromatic nitrogens is 5. The van der Waals surface area contributed by atoms with Crippen molar-refractivity contribution in [1.82, 2.24) is 49.7 Å². The second-order valence-electron chi connectivity index (χ2n) is 19.2. The zero-order chi connectivity index (χ0) is 50.8. The number of imide groups is 1. The van der Waals surface area contributed by atoms with E-state index in [1.165, 1.54) is 11.1 Å². The van der Waals surface area contributed by atoms with Crippen molar-refractivity contribution in [3.8, 4) is 22.9 Å². The normalized spacial score (nSPS) is 17.8. The van der Waals surface area contributed by atoms with Gasteiger partial charge in [-0.25, -0.2) is 23.1 Å². The van der Waals surface area contributed by atoms with Gasteiger partial charge in [-0.1, -0.05) is 0 Å². The van der Waals surface area contributed by atoms with E-state index in [1.54, 1.807) is 21.6 Å². The molecule has 4 aromatic heterocycles. The minimum atomic E-state index is -0.797. The number of amides is 5. The Morgan fingerprint density at radius 3 is 2.40 bits per heavy atom. The van der Waals surface area contributed by atoms with Crippen molar-refractivity contribution in [2.24, 2.45) is 7.05 Å². The van der Waals surface area contributed by atoms with Crippen molar-refractivity contribution < 1.29 is 32.7 Å². The third-order valence-electron chi connectivity index (χ3n) is 14.7. The summed E-state index contributed by atoms with van der Waals surface area (Å²) in [5, 5.41) is 25.1. The molecular weight excluding hydrogens is 939 g/mol. The molecule has 21 heteroatoms. The van der Waals surface area contributed by atoms with E-state index in [0.29, 0.717) is 94.3 Å². The molecule has 0 saturated carbocycles. The van der Waals surface area contributed by atoms with Crippen LogP contribution in [0, 0.1) is 23.0 Å². The summed E-state index contributed by atoms with van der Waals surface area (Å²) in [7, 11) is 1.85. The van der Waals surface area contributed by atoms with E-state index in [0.717, 1.165) is 90.9 Å². The highest BCUT2D eigenvalue weighted by atomic mass is 19.1. The number of piperidine rings is 1. The lowest BCUT2D eigenvalue weighted by Crippen LogP contribution is -2.62. The number of nitriles is 1. The fraction of sp³-hybridized carbons (Fsp3) is 0.423. The average molecular weight is 997 g/mol. The van der Waals surface area contributed by atoms with Crippen LogP contribution in [-0.4, -0.2) is 160 Å². The number of rotatable bonds is 14. The van der Waals surface area contributed by atoms with E-state index in [1.807, 2.05) is 43.1 Å². The molecule has 4 aliphatic heterocycles. The zero-order valence-corrected chi connectivity index (χ0v) is 41.0. The molecule has 4 fully saturated rings. The molecule has 4 saturated heterocycles. The quantitative estimate of drug-likeness (QED) is 0.152. The Kier molecular flexibility index (Phi) is 13.9. The molecule has 10 rings (SSSR count). The minimum absolute atomic E-state index is 0.120. The Morgan fingerprint density at radius 1 is 0.890 bits per heavy atom. The third kappa shape index (κ3) is 10.3. The van der Waals surface area contributed by atoms with Gasteiger partial charge in [0.1, 0.15) is 29.3 Å². The summed E-state index contributed by atoms with van der Waals surface area (Å²) in [4.78, 5) is 68.9. The van der Waals surface area contributed by atoms with E-state index >= 15 is 0 Å². The molecule has 0 aliphatic carbocycles. The molecule has 0 spiro atoms. The predicted octanol–water partition coefficient (Wildman–Crippen LogP) is 4.79. The van der Waals surface area contributed by atoms with Crippen LogP contribution in [-0.2, 0) is 16.6 Å². The lowest BCUT2D eigenvalue weighted by molar-refractivity contribution is -0.133. The highest BCUT2D eigenvalue weighted by molar-refractivity contribution is 6.09. The largest absolute Gasteiger partial charge is 0.492 e. The van der Waals surface area contributed by atoms with Crippen LogP contribution in [0.4, 0.5) is 30.9 Å². The number of halogens is 2. The van der Waals surface area contributed by atoms with Gasteiger partial charge in [0.25, 0.3) is 5.91 Å². The second-order valence-corrected chi connectivity index (χ2v) is 19.2. The summed E-state index contributed by atoms with van der Waals surface area (Å²) in [5.74, 6) is -0.446. The highest BCUT2D eigenvalue weighted by Crippen LogP contribution is 2.34. The van der Waals surface area contributed by atoms with Gasteiger partial charge in [0.15, 0.2) is 5.82 Å². The van der Waals surface area contributed by atoms with Crippen LogP contribution in [0.3, 0.4) is 0 Å². The van der Waals surface area contributed by atoms with Gasteiger partial charge in [0.05, 0.1) is 46.7 Å². The Balaban J connectivity index is 0.721. The average Bonchev–Trinajstić information content (AvgIpc) is 3.97. The number of benzene rings is 2. The van der Waals surface area contributed by atoms with Crippen molar-refractivity contribution in [3.63, 3.8) is 0 Å². The van der Waals surface area contributed by atoms with Crippen LogP contribution in [0.15, 0.2) is 73.2 Å². The second kappa shape index (κ2) is 20.8. The molecule has 380 valence electrons. The molecule has 0 radical (unpaired) electrons. The molecule has 4 aliphatic rings. The van der Waals surface area contributed by atoms with E-state index in [9.17, 15) is 33.2 Å². The lowest BCUT2D eigenvalue weighted by Gasteiger charge is -2.46. The maximum atomic E-state index is 14.9. The van der Waals surface area contributed by atoms with E-state index in [2.05, 4.69) is 58.6 Å². The summed E-state index contributed by atoms with van der Waals surface area (Å²) in [6, 6.07) is 16.6. The summed E-state index contributed by atoms with van der Waals surface area (Å²) in [6.45, 7) is 10.7. The number of urea groups is 1. The number of hydrogen-bond acceptors (Lipinski definition) is 13. The number of carbonyl (C=O) groups excluding carboxylic acids is 4. The van der Waals surface area contributed by atoms with Gasteiger partial charge < -0.3 is 24.8 Å². The number of fused-ring (bicyclic) bond motifs is 2. The van der Waals surface area contributed by atoms with Gasteiger partial charge in [0, 0.05) is 127 Å². The molecule has 0 unspecified atom stereocenters. The molecule has 8 heterocycles. The van der Waals surface area contributed by atoms with Gasteiger partial charge in [-0.3, -0.25) is 39.1 Å². The van der Waals surface area contributed by atoms with Crippen LogP contribution in [0.2, 0.25) is 0 Å². The molecule has 2 aromatic carbocycles.